The average molecular weight is 487 g/mol. The van der Waals surface area contributed by atoms with Gasteiger partial charge in [-0.3, -0.25) is 4.79 Å². The number of ether oxygens (including phenoxy) is 2. The van der Waals surface area contributed by atoms with Crippen molar-refractivity contribution in [3.05, 3.63) is 47.5 Å². The van der Waals surface area contributed by atoms with Crippen molar-refractivity contribution in [2.45, 2.75) is 12.5 Å². The molecule has 0 aromatic heterocycles. The second kappa shape index (κ2) is 13.6. The number of phenols is 2. The first-order chi connectivity index (χ1) is 13.6. The molecule has 13 heteroatoms. The van der Waals surface area contributed by atoms with E-state index < -0.39 is 70.5 Å². The van der Waals surface area contributed by atoms with Crippen molar-refractivity contribution in [3.8, 4) is 23.0 Å². The molecule has 0 amide bonds. The van der Waals surface area contributed by atoms with E-state index in [2.05, 4.69) is 4.74 Å². The maximum atomic E-state index is 11.9. The maximum absolute atomic E-state index is 11.9. The monoisotopic (exact) mass is 486 g/mol. The molecule has 0 bridgehead atoms. The Morgan fingerprint density at radius 3 is 1.65 bits per heavy atom. The molecule has 0 heterocycles. The predicted molar refractivity (Wildman–Crippen MR) is 94.3 cm³/mol. The van der Waals surface area contributed by atoms with Gasteiger partial charge in [-0.2, -0.15) is 0 Å². The topological polar surface area (TPSA) is 188 Å². The number of carbonyl (C=O) groups excluding carboxylic acids is 2. The first-order valence-electron chi connectivity index (χ1n) is 7.82. The van der Waals surface area contributed by atoms with Crippen LogP contribution in [0.15, 0.2) is 36.4 Å². The molecule has 11 nitrogen and oxygen atoms in total. The van der Waals surface area contributed by atoms with Crippen LogP contribution in [0.5, 0.6) is 23.0 Å². The van der Waals surface area contributed by atoms with Gasteiger partial charge < -0.3 is 37.9 Å². The van der Waals surface area contributed by atoms with Crippen molar-refractivity contribution in [2.75, 3.05) is 0 Å². The van der Waals surface area contributed by atoms with Gasteiger partial charge in [0.15, 0.2) is 29.1 Å². The zero-order valence-corrected chi connectivity index (χ0v) is 22.7. The number of aromatic hydroxyl groups is 2. The van der Waals surface area contributed by atoms with Crippen molar-refractivity contribution < 1.29 is 160 Å². The number of carboxylic acids is 2. The van der Waals surface area contributed by atoms with Gasteiger partial charge in [-0.15, -0.1) is 0 Å². The van der Waals surface area contributed by atoms with E-state index in [4.69, 9.17) is 14.9 Å². The summed E-state index contributed by atoms with van der Waals surface area (Å²) in [5.74, 6) is -8.52. The zero-order chi connectivity index (χ0) is 21.7. The van der Waals surface area contributed by atoms with Crippen LogP contribution in [-0.4, -0.2) is 55.5 Å². The number of carboxylic acid groups (broad SMARTS) is 2. The Bertz CT molecular complexity index is 1000. The van der Waals surface area contributed by atoms with E-state index in [1.54, 1.807) is 0 Å². The molecule has 2 aromatic rings. The third kappa shape index (κ3) is 8.21. The fourth-order valence-electron chi connectivity index (χ4n) is 2.17. The minimum absolute atomic E-state index is 0. The number of aliphatic hydroxyl groups is 1. The van der Waals surface area contributed by atoms with Crippen molar-refractivity contribution in [2.24, 2.45) is 0 Å². The molecule has 1 unspecified atom stereocenters. The predicted octanol–water partition coefficient (Wildman–Crippen LogP) is -5.01. The summed E-state index contributed by atoms with van der Waals surface area (Å²) in [4.78, 5) is 46.1. The average Bonchev–Trinajstić information content (AvgIpc) is 2.64. The number of phenolic OH excluding ortho intramolecular Hbond substituents is 2. The number of para-hydroxylation sites is 2. The molecule has 0 aliphatic carbocycles. The Hall–Kier alpha value is -0.847. The summed E-state index contributed by atoms with van der Waals surface area (Å²) in [6.45, 7) is 0. The van der Waals surface area contributed by atoms with Gasteiger partial charge in [-0.05, 0) is 24.3 Å². The van der Waals surface area contributed by atoms with Gasteiger partial charge in [0.05, 0.1) is 6.42 Å². The number of benzene rings is 2. The van der Waals surface area contributed by atoms with Gasteiger partial charge >= 0.3 is 127 Å². The first kappa shape index (κ1) is 30.2. The second-order valence-corrected chi connectivity index (χ2v) is 5.53. The Morgan fingerprint density at radius 1 is 0.806 bits per heavy atom. The van der Waals surface area contributed by atoms with Gasteiger partial charge in [0.2, 0.25) is 0 Å². The summed E-state index contributed by atoms with van der Waals surface area (Å²) in [6.07, 6.45) is -3.15. The molecular formula is C18H16K2O11. The number of esters is 2. The molecule has 0 spiro atoms. The van der Waals surface area contributed by atoms with Crippen molar-refractivity contribution in [1.82, 2.24) is 0 Å². The van der Waals surface area contributed by atoms with Crippen LogP contribution in [0.25, 0.3) is 0 Å². The molecule has 156 valence electrons. The second-order valence-electron chi connectivity index (χ2n) is 5.53. The van der Waals surface area contributed by atoms with Crippen LogP contribution in [0.3, 0.4) is 0 Å². The number of carbonyl (C=O) groups is 4. The minimum atomic E-state index is -2.14. The van der Waals surface area contributed by atoms with Crippen LogP contribution >= 0.6 is 0 Å². The Balaban J connectivity index is -0.00000225. The Labute approximate surface area is 262 Å². The molecule has 31 heavy (non-hydrogen) atoms. The molecule has 2 rings (SSSR count). The molecule has 0 saturated heterocycles. The van der Waals surface area contributed by atoms with Crippen LogP contribution in [0.1, 0.15) is 30.0 Å². The number of rotatable bonds is 7. The number of hydrogen-bond donors (Lipinski definition) is 5. The molecule has 0 saturated carbocycles. The number of hydrogen-bond acceptors (Lipinski definition) is 9. The number of aromatic carboxylic acids is 2. The fourth-order valence-corrected chi connectivity index (χ4v) is 2.17. The van der Waals surface area contributed by atoms with Crippen LogP contribution in [-0.2, 0) is 9.59 Å². The molecule has 0 fully saturated rings. The van der Waals surface area contributed by atoms with E-state index in [1.165, 1.54) is 12.1 Å². The minimum Gasteiger partial charge on any atom is -1.00 e. The van der Waals surface area contributed by atoms with Crippen LogP contribution < -0.4 is 112 Å². The van der Waals surface area contributed by atoms with Gasteiger partial charge in [0.1, 0.15) is 11.1 Å². The molecule has 2 aromatic carbocycles. The van der Waals surface area contributed by atoms with Crippen LogP contribution in [0.4, 0.5) is 0 Å². The van der Waals surface area contributed by atoms with Gasteiger partial charge in [-0.1, -0.05) is 12.1 Å². The Morgan fingerprint density at radius 2 is 1.23 bits per heavy atom. The SMILES string of the molecule is O=C(CC(O)C(=O)Oc1c(O)cccc1C(=O)O)Oc1c(O)cccc1C(=O)O.[H-].[H-].[K+].[K+]. The number of aliphatic hydroxyl groups excluding tert-OH is 1. The van der Waals surface area contributed by atoms with E-state index >= 15 is 0 Å². The van der Waals surface area contributed by atoms with Crippen LogP contribution in [0, 0.1) is 0 Å². The van der Waals surface area contributed by atoms with E-state index in [0.29, 0.717) is 0 Å². The maximum Gasteiger partial charge on any atom is 1.00 e. The summed E-state index contributed by atoms with van der Waals surface area (Å²) in [7, 11) is 0. The third-order valence-electron chi connectivity index (χ3n) is 3.50. The summed E-state index contributed by atoms with van der Waals surface area (Å²) in [5, 5.41) is 47.2. The van der Waals surface area contributed by atoms with E-state index in [-0.39, 0.29) is 106 Å². The largest absolute Gasteiger partial charge is 1.00 e. The van der Waals surface area contributed by atoms with Gasteiger partial charge in [0.25, 0.3) is 0 Å². The summed E-state index contributed by atoms with van der Waals surface area (Å²) in [5.41, 5.74) is -1.09. The third-order valence-corrected chi connectivity index (χ3v) is 3.50. The summed E-state index contributed by atoms with van der Waals surface area (Å²) in [6, 6.07) is 6.59. The van der Waals surface area contributed by atoms with E-state index in [9.17, 15) is 34.5 Å². The summed E-state index contributed by atoms with van der Waals surface area (Å²) >= 11 is 0. The molecular weight excluding hydrogens is 470 g/mol. The summed E-state index contributed by atoms with van der Waals surface area (Å²) < 4.78 is 9.38. The van der Waals surface area contributed by atoms with Crippen molar-refractivity contribution >= 4 is 23.9 Å². The van der Waals surface area contributed by atoms with Crippen molar-refractivity contribution in [3.63, 3.8) is 0 Å². The fraction of sp³-hybridized carbons (Fsp3) is 0.111. The van der Waals surface area contributed by atoms with Crippen molar-refractivity contribution in [1.29, 1.82) is 0 Å². The zero-order valence-electron chi connectivity index (χ0n) is 18.4. The van der Waals surface area contributed by atoms with Gasteiger partial charge in [0, 0.05) is 0 Å². The van der Waals surface area contributed by atoms with Gasteiger partial charge in [-0.25, -0.2) is 14.4 Å². The normalized spacial score (nSPS) is 10.6. The standard InChI is InChI=1S/C18H14O11.2K.2H/c19-10-5-1-3-8(16(23)24)14(10)28-13(22)7-12(21)18(27)29-15-9(17(25)26)4-2-6-11(15)20;;;;/h1-6,12,19-21H,7H2,(H,23,24)(H,25,26);;;;/q;2*+1;2*-1. The quantitative estimate of drug-likeness (QED) is 0.143. The van der Waals surface area contributed by atoms with Crippen LogP contribution in [0.2, 0.25) is 0 Å². The molecule has 0 radical (unpaired) electrons. The Kier molecular flexibility index (Phi) is 13.3. The van der Waals surface area contributed by atoms with E-state index in [1.807, 2.05) is 0 Å². The smallest absolute Gasteiger partial charge is 1.00 e. The van der Waals surface area contributed by atoms with E-state index in [0.717, 1.165) is 24.3 Å². The molecule has 5 N–H and O–H groups in total. The first-order valence-corrected chi connectivity index (χ1v) is 7.82. The molecule has 0 aliphatic heterocycles. The molecule has 0 aliphatic rings. The molecule has 1 atom stereocenters.